The van der Waals surface area contributed by atoms with Gasteiger partial charge in [0.15, 0.2) is 0 Å². The zero-order chi connectivity index (χ0) is 30.2. The molecule has 3 aromatic rings. The predicted octanol–water partition coefficient (Wildman–Crippen LogP) is 3.65. The summed E-state index contributed by atoms with van der Waals surface area (Å²) in [6, 6.07) is 24.3. The zero-order valence-electron chi connectivity index (χ0n) is 23.8. The number of carboxylic acid groups (broad SMARTS) is 1. The normalized spacial score (nSPS) is 15.2. The molecule has 10 heteroatoms. The third-order valence-corrected chi connectivity index (χ3v) is 7.85. The second-order valence-electron chi connectivity index (χ2n) is 10.7. The van der Waals surface area contributed by atoms with Crippen molar-refractivity contribution in [2.24, 2.45) is 0 Å². The quantitative estimate of drug-likeness (QED) is 0.327. The minimum Gasteiger partial charge on any atom is -0.480 e. The van der Waals surface area contributed by atoms with Crippen LogP contribution < -0.4 is 5.32 Å². The standard InChI is InChI=1S/C33H35N3O7/c37-30(34-29(32(39)40)14-15-31(38)42-21-23-8-2-1-3-9-23)20-35-16-18-36(19-17-35)33(41)43-22-28-26-12-6-4-10-24(26)25-11-5-7-13-27(25)28/h1-13,28-29H,14-22H2,(H,34,37)(H,39,40)/t29-/m1/s1. The Labute approximate surface area is 250 Å². The minimum absolute atomic E-state index is 0.0131. The molecular formula is C33H35N3O7. The smallest absolute Gasteiger partial charge is 0.409 e. The van der Waals surface area contributed by atoms with Crippen molar-refractivity contribution in [1.82, 2.24) is 15.1 Å². The number of carboxylic acids is 1. The van der Waals surface area contributed by atoms with E-state index >= 15 is 0 Å². The van der Waals surface area contributed by atoms with Gasteiger partial charge in [0.1, 0.15) is 19.3 Å². The van der Waals surface area contributed by atoms with Gasteiger partial charge in [0.2, 0.25) is 5.91 Å². The van der Waals surface area contributed by atoms with Crippen LogP contribution in [-0.4, -0.2) is 84.2 Å². The first kappa shape index (κ1) is 29.8. The molecule has 1 saturated heterocycles. The number of esters is 1. The molecule has 0 aromatic heterocycles. The highest BCUT2D eigenvalue weighted by molar-refractivity contribution is 5.85. The number of hydrogen-bond acceptors (Lipinski definition) is 7. The van der Waals surface area contributed by atoms with E-state index in [0.29, 0.717) is 26.2 Å². The van der Waals surface area contributed by atoms with Crippen LogP contribution in [0.5, 0.6) is 0 Å². The summed E-state index contributed by atoms with van der Waals surface area (Å²) in [5, 5.41) is 12.0. The molecule has 0 bridgehead atoms. The van der Waals surface area contributed by atoms with Crippen LogP contribution >= 0.6 is 0 Å². The molecule has 0 radical (unpaired) electrons. The third-order valence-electron chi connectivity index (χ3n) is 7.85. The topological polar surface area (TPSA) is 125 Å². The van der Waals surface area contributed by atoms with E-state index in [1.54, 1.807) is 4.90 Å². The first-order valence-corrected chi connectivity index (χ1v) is 14.4. The Balaban J connectivity index is 1.03. The van der Waals surface area contributed by atoms with E-state index in [1.807, 2.05) is 59.5 Å². The van der Waals surface area contributed by atoms with E-state index in [4.69, 9.17) is 9.47 Å². The van der Waals surface area contributed by atoms with E-state index in [9.17, 15) is 24.3 Å². The average Bonchev–Trinajstić information content (AvgIpc) is 3.35. The first-order valence-electron chi connectivity index (χ1n) is 14.4. The lowest BCUT2D eigenvalue weighted by Crippen LogP contribution is -2.52. The van der Waals surface area contributed by atoms with Crippen molar-refractivity contribution in [2.45, 2.75) is 31.4 Å². The van der Waals surface area contributed by atoms with Gasteiger partial charge in [-0.1, -0.05) is 78.9 Å². The molecule has 2 aliphatic rings. The van der Waals surface area contributed by atoms with E-state index in [2.05, 4.69) is 29.6 Å². The van der Waals surface area contributed by atoms with E-state index in [-0.39, 0.29) is 38.5 Å². The number of nitrogens with one attached hydrogen (secondary N) is 1. The number of fused-ring (bicyclic) bond motifs is 3. The minimum atomic E-state index is -1.22. The summed E-state index contributed by atoms with van der Waals surface area (Å²) >= 11 is 0. The van der Waals surface area contributed by atoms with Crippen LogP contribution in [0.4, 0.5) is 4.79 Å². The third kappa shape index (κ3) is 7.58. The number of amides is 2. The Kier molecular flexibility index (Phi) is 9.68. The molecule has 224 valence electrons. The van der Waals surface area contributed by atoms with Gasteiger partial charge in [0, 0.05) is 38.5 Å². The maximum absolute atomic E-state index is 12.9. The van der Waals surface area contributed by atoms with Crippen LogP contribution in [0.2, 0.25) is 0 Å². The van der Waals surface area contributed by atoms with Crippen LogP contribution in [0.15, 0.2) is 78.9 Å². The summed E-state index contributed by atoms with van der Waals surface area (Å²) in [5.74, 6) is -2.23. The molecule has 2 N–H and O–H groups in total. The van der Waals surface area contributed by atoms with Crippen molar-refractivity contribution in [3.05, 3.63) is 95.6 Å². The number of carbonyl (C=O) groups excluding carboxylic acids is 3. The Morgan fingerprint density at radius 1 is 0.814 bits per heavy atom. The summed E-state index contributed by atoms with van der Waals surface area (Å²) < 4.78 is 10.9. The molecule has 10 nitrogen and oxygen atoms in total. The molecule has 0 saturated carbocycles. The lowest BCUT2D eigenvalue weighted by Gasteiger charge is -2.34. The molecule has 1 atom stereocenters. The fourth-order valence-electron chi connectivity index (χ4n) is 5.55. The number of nitrogens with zero attached hydrogens (tertiary/aromatic N) is 2. The van der Waals surface area contributed by atoms with Gasteiger partial charge in [0.25, 0.3) is 0 Å². The van der Waals surface area contributed by atoms with Gasteiger partial charge in [-0.25, -0.2) is 9.59 Å². The molecule has 43 heavy (non-hydrogen) atoms. The number of benzene rings is 3. The molecule has 5 rings (SSSR count). The average molecular weight is 586 g/mol. The van der Waals surface area contributed by atoms with Gasteiger partial charge >= 0.3 is 18.0 Å². The first-order chi connectivity index (χ1) is 20.9. The fraction of sp³-hybridized carbons (Fsp3) is 0.333. The molecular weight excluding hydrogens is 550 g/mol. The fourth-order valence-corrected chi connectivity index (χ4v) is 5.55. The number of rotatable bonds is 11. The molecule has 0 spiro atoms. The Hall–Kier alpha value is -4.70. The highest BCUT2D eigenvalue weighted by atomic mass is 16.6. The van der Waals surface area contributed by atoms with Crippen molar-refractivity contribution in [2.75, 3.05) is 39.3 Å². The molecule has 1 aliphatic carbocycles. The monoisotopic (exact) mass is 585 g/mol. The van der Waals surface area contributed by atoms with Crippen molar-refractivity contribution >= 4 is 23.9 Å². The highest BCUT2D eigenvalue weighted by Gasteiger charge is 2.31. The molecule has 1 fully saturated rings. The summed E-state index contributed by atoms with van der Waals surface area (Å²) in [6.45, 7) is 2.00. The van der Waals surface area contributed by atoms with E-state index in [1.165, 1.54) is 11.1 Å². The van der Waals surface area contributed by atoms with Crippen LogP contribution in [0.1, 0.15) is 35.4 Å². The number of aliphatic carboxylic acids is 1. The molecule has 1 heterocycles. The van der Waals surface area contributed by atoms with Crippen molar-refractivity contribution in [1.29, 1.82) is 0 Å². The summed E-state index contributed by atoms with van der Waals surface area (Å²) in [4.78, 5) is 52.8. The van der Waals surface area contributed by atoms with Gasteiger partial charge in [0.05, 0.1) is 6.54 Å². The lowest BCUT2D eigenvalue weighted by atomic mass is 9.98. The van der Waals surface area contributed by atoms with E-state index < -0.39 is 30.0 Å². The highest BCUT2D eigenvalue weighted by Crippen LogP contribution is 2.44. The van der Waals surface area contributed by atoms with Crippen molar-refractivity contribution in [3.63, 3.8) is 0 Å². The molecule has 3 aromatic carbocycles. The van der Waals surface area contributed by atoms with Crippen LogP contribution in [0.25, 0.3) is 11.1 Å². The molecule has 1 aliphatic heterocycles. The van der Waals surface area contributed by atoms with Gasteiger partial charge in [-0.2, -0.15) is 0 Å². The van der Waals surface area contributed by atoms with Gasteiger partial charge in [-0.3, -0.25) is 14.5 Å². The Morgan fingerprint density at radius 3 is 2.05 bits per heavy atom. The second kappa shape index (κ2) is 14.0. The number of carbonyl (C=O) groups is 4. The zero-order valence-corrected chi connectivity index (χ0v) is 23.8. The molecule has 0 unspecified atom stereocenters. The lowest BCUT2D eigenvalue weighted by molar-refractivity contribution is -0.146. The summed E-state index contributed by atoms with van der Waals surface area (Å²) in [6.07, 6.45) is -0.608. The molecule has 2 amide bonds. The van der Waals surface area contributed by atoms with Crippen molar-refractivity contribution < 1.29 is 33.8 Å². The van der Waals surface area contributed by atoms with Crippen LogP contribution in [0.3, 0.4) is 0 Å². The van der Waals surface area contributed by atoms with Gasteiger partial charge in [-0.05, 0) is 34.2 Å². The Bertz CT molecular complexity index is 1410. The number of hydrogen-bond donors (Lipinski definition) is 2. The maximum Gasteiger partial charge on any atom is 0.409 e. The number of piperazine rings is 1. The Morgan fingerprint density at radius 2 is 1.42 bits per heavy atom. The predicted molar refractivity (Wildman–Crippen MR) is 158 cm³/mol. The van der Waals surface area contributed by atoms with Gasteiger partial charge < -0.3 is 24.8 Å². The van der Waals surface area contributed by atoms with Crippen LogP contribution in [0, 0.1) is 0 Å². The summed E-state index contributed by atoms with van der Waals surface area (Å²) in [5.41, 5.74) is 5.46. The summed E-state index contributed by atoms with van der Waals surface area (Å²) in [7, 11) is 0. The van der Waals surface area contributed by atoms with Crippen molar-refractivity contribution in [3.8, 4) is 11.1 Å². The SMILES string of the molecule is O=C(CN1CCN(C(=O)OCC2c3ccccc3-c3ccccc32)CC1)N[C@H](CCC(=O)OCc1ccccc1)C(=O)O. The number of ether oxygens (including phenoxy) is 2. The van der Waals surface area contributed by atoms with Crippen LogP contribution in [-0.2, 0) is 30.5 Å². The second-order valence-corrected chi connectivity index (χ2v) is 10.7. The largest absolute Gasteiger partial charge is 0.480 e. The maximum atomic E-state index is 12.9. The van der Waals surface area contributed by atoms with E-state index in [0.717, 1.165) is 16.7 Å². The van der Waals surface area contributed by atoms with Gasteiger partial charge in [-0.15, -0.1) is 0 Å².